The number of pyridine rings is 1. The van der Waals surface area contributed by atoms with E-state index in [-0.39, 0.29) is 18.7 Å². The van der Waals surface area contributed by atoms with Gasteiger partial charge in [0.15, 0.2) is 11.5 Å². The molecule has 2 aromatic rings. The van der Waals surface area contributed by atoms with E-state index in [2.05, 4.69) is 4.98 Å². The highest BCUT2D eigenvalue weighted by molar-refractivity contribution is 6.08. The standard InChI is InChI=1S/C23H26N2O3/c1-2-18(14-17-11-12-20-21(15-17)28-16-27-20)23(26)25(19-8-4-3-5-9-19)22-10-6-7-13-24-22/h6-7,10-15,19H,2-5,8-9,16H2,1H3/b18-14-. The molecule has 0 atom stereocenters. The molecule has 1 aliphatic carbocycles. The summed E-state index contributed by atoms with van der Waals surface area (Å²) in [6.07, 6.45) is 10.0. The van der Waals surface area contributed by atoms with Crippen LogP contribution < -0.4 is 14.4 Å². The van der Waals surface area contributed by atoms with Crippen molar-refractivity contribution in [1.82, 2.24) is 4.98 Å². The molecule has 1 fully saturated rings. The van der Waals surface area contributed by atoms with Crippen molar-refractivity contribution in [3.05, 3.63) is 53.7 Å². The molecular weight excluding hydrogens is 352 g/mol. The molecule has 4 rings (SSSR count). The van der Waals surface area contributed by atoms with E-state index in [4.69, 9.17) is 9.47 Å². The fourth-order valence-electron chi connectivity index (χ4n) is 3.97. The Kier molecular flexibility index (Phi) is 5.60. The summed E-state index contributed by atoms with van der Waals surface area (Å²) in [5, 5.41) is 0. The first-order valence-corrected chi connectivity index (χ1v) is 10.1. The van der Waals surface area contributed by atoms with E-state index < -0.39 is 0 Å². The first-order chi connectivity index (χ1) is 13.8. The Balaban J connectivity index is 1.65. The predicted octanol–water partition coefficient (Wildman–Crippen LogP) is 4.97. The number of ether oxygens (including phenoxy) is 2. The van der Waals surface area contributed by atoms with Crippen molar-refractivity contribution in [3.8, 4) is 11.5 Å². The Morgan fingerprint density at radius 1 is 1.14 bits per heavy atom. The summed E-state index contributed by atoms with van der Waals surface area (Å²) in [5.41, 5.74) is 1.72. The molecule has 0 bridgehead atoms. The van der Waals surface area contributed by atoms with Crippen LogP contribution in [0.5, 0.6) is 11.5 Å². The fourth-order valence-corrected chi connectivity index (χ4v) is 3.97. The first kappa shape index (κ1) is 18.5. The van der Waals surface area contributed by atoms with Gasteiger partial charge in [0.2, 0.25) is 6.79 Å². The lowest BCUT2D eigenvalue weighted by Crippen LogP contribution is -2.42. The number of amides is 1. The summed E-state index contributed by atoms with van der Waals surface area (Å²) in [6.45, 7) is 2.27. The van der Waals surface area contributed by atoms with Crippen LogP contribution >= 0.6 is 0 Å². The number of carbonyl (C=O) groups is 1. The van der Waals surface area contributed by atoms with Gasteiger partial charge in [0.05, 0.1) is 0 Å². The van der Waals surface area contributed by atoms with Gasteiger partial charge in [0, 0.05) is 17.8 Å². The maximum absolute atomic E-state index is 13.6. The number of rotatable bonds is 5. The summed E-state index contributed by atoms with van der Waals surface area (Å²) < 4.78 is 10.9. The van der Waals surface area contributed by atoms with Crippen molar-refractivity contribution in [2.45, 2.75) is 51.5 Å². The SMILES string of the molecule is CC/C(=C/c1ccc2c(c1)OCO2)C(=O)N(c1ccccn1)C1CCCCC1. The molecule has 0 N–H and O–H groups in total. The van der Waals surface area contributed by atoms with Crippen LogP contribution in [0.1, 0.15) is 51.0 Å². The van der Waals surface area contributed by atoms with Crippen LogP contribution in [-0.4, -0.2) is 23.7 Å². The second kappa shape index (κ2) is 8.46. The highest BCUT2D eigenvalue weighted by Gasteiger charge is 2.29. The van der Waals surface area contributed by atoms with Gasteiger partial charge in [-0.1, -0.05) is 38.3 Å². The van der Waals surface area contributed by atoms with E-state index >= 15 is 0 Å². The van der Waals surface area contributed by atoms with Crippen molar-refractivity contribution in [2.75, 3.05) is 11.7 Å². The van der Waals surface area contributed by atoms with Crippen molar-refractivity contribution in [2.24, 2.45) is 0 Å². The number of nitrogens with zero attached hydrogens (tertiary/aromatic N) is 2. The lowest BCUT2D eigenvalue weighted by molar-refractivity contribution is -0.115. The lowest BCUT2D eigenvalue weighted by Gasteiger charge is -2.34. The quantitative estimate of drug-likeness (QED) is 0.689. The van der Waals surface area contributed by atoms with Crippen molar-refractivity contribution >= 4 is 17.8 Å². The molecule has 5 heteroatoms. The minimum absolute atomic E-state index is 0.0470. The molecule has 0 saturated heterocycles. The van der Waals surface area contributed by atoms with E-state index in [0.717, 1.165) is 54.1 Å². The third kappa shape index (κ3) is 3.88. The van der Waals surface area contributed by atoms with Crippen LogP contribution in [0, 0.1) is 0 Å². The molecule has 0 radical (unpaired) electrons. The van der Waals surface area contributed by atoms with Crippen molar-refractivity contribution in [1.29, 1.82) is 0 Å². The molecule has 0 spiro atoms. The smallest absolute Gasteiger partial charge is 0.255 e. The minimum Gasteiger partial charge on any atom is -0.454 e. The Hall–Kier alpha value is -2.82. The molecule has 146 valence electrons. The molecule has 1 aromatic heterocycles. The average Bonchev–Trinajstić information content (AvgIpc) is 3.21. The van der Waals surface area contributed by atoms with Crippen LogP contribution in [-0.2, 0) is 4.79 Å². The summed E-state index contributed by atoms with van der Waals surface area (Å²) in [4.78, 5) is 20.0. The Labute approximate surface area is 166 Å². The zero-order valence-corrected chi connectivity index (χ0v) is 16.3. The van der Waals surface area contributed by atoms with Gasteiger partial charge in [-0.3, -0.25) is 9.69 Å². The Morgan fingerprint density at radius 2 is 1.96 bits per heavy atom. The first-order valence-electron chi connectivity index (χ1n) is 10.1. The average molecular weight is 378 g/mol. The zero-order valence-electron chi connectivity index (χ0n) is 16.3. The second-order valence-corrected chi connectivity index (χ2v) is 7.29. The fraction of sp³-hybridized carbons (Fsp3) is 0.391. The van der Waals surface area contributed by atoms with Crippen molar-refractivity contribution < 1.29 is 14.3 Å². The third-order valence-corrected chi connectivity index (χ3v) is 5.45. The highest BCUT2D eigenvalue weighted by Crippen LogP contribution is 2.34. The van der Waals surface area contributed by atoms with Gasteiger partial charge in [-0.2, -0.15) is 0 Å². The second-order valence-electron chi connectivity index (χ2n) is 7.29. The molecule has 28 heavy (non-hydrogen) atoms. The minimum atomic E-state index is 0.0470. The van der Waals surface area contributed by atoms with Gasteiger partial charge in [-0.05, 0) is 55.2 Å². The molecule has 0 unspecified atom stereocenters. The van der Waals surface area contributed by atoms with Crippen molar-refractivity contribution in [3.63, 3.8) is 0 Å². The number of hydrogen-bond donors (Lipinski definition) is 0. The van der Waals surface area contributed by atoms with E-state index in [9.17, 15) is 4.79 Å². The largest absolute Gasteiger partial charge is 0.454 e. The molecule has 1 aromatic carbocycles. The van der Waals surface area contributed by atoms with Gasteiger partial charge < -0.3 is 9.47 Å². The van der Waals surface area contributed by atoms with Crippen LogP contribution in [0.15, 0.2) is 48.2 Å². The lowest BCUT2D eigenvalue weighted by atomic mass is 9.93. The van der Waals surface area contributed by atoms with Gasteiger partial charge in [-0.15, -0.1) is 0 Å². The molecule has 5 nitrogen and oxygen atoms in total. The normalized spacial score (nSPS) is 16.8. The molecule has 2 heterocycles. The van der Waals surface area contributed by atoms with E-state index in [0.29, 0.717) is 6.42 Å². The summed E-state index contributed by atoms with van der Waals surface area (Å²) in [6, 6.07) is 11.8. The van der Waals surface area contributed by atoms with E-state index in [1.54, 1.807) is 6.20 Å². The number of aromatic nitrogens is 1. The molecule has 1 saturated carbocycles. The third-order valence-electron chi connectivity index (χ3n) is 5.45. The van der Waals surface area contributed by atoms with Crippen LogP contribution in [0.3, 0.4) is 0 Å². The van der Waals surface area contributed by atoms with Crippen LogP contribution in [0.4, 0.5) is 5.82 Å². The predicted molar refractivity (Wildman–Crippen MR) is 109 cm³/mol. The van der Waals surface area contributed by atoms with Crippen LogP contribution in [0.2, 0.25) is 0 Å². The number of anilines is 1. The Bertz CT molecular complexity index is 857. The highest BCUT2D eigenvalue weighted by atomic mass is 16.7. The van der Waals surface area contributed by atoms with Gasteiger partial charge in [0.25, 0.3) is 5.91 Å². The van der Waals surface area contributed by atoms with E-state index in [1.165, 1.54) is 6.42 Å². The summed E-state index contributed by atoms with van der Waals surface area (Å²) in [7, 11) is 0. The van der Waals surface area contributed by atoms with Gasteiger partial charge in [-0.25, -0.2) is 4.98 Å². The molecular formula is C23H26N2O3. The topological polar surface area (TPSA) is 51.7 Å². The molecule has 1 aliphatic heterocycles. The number of benzene rings is 1. The van der Waals surface area contributed by atoms with Gasteiger partial charge >= 0.3 is 0 Å². The maximum atomic E-state index is 13.6. The van der Waals surface area contributed by atoms with Crippen LogP contribution in [0.25, 0.3) is 6.08 Å². The maximum Gasteiger partial charge on any atom is 0.255 e. The van der Waals surface area contributed by atoms with Gasteiger partial charge in [0.1, 0.15) is 5.82 Å². The summed E-state index contributed by atoms with van der Waals surface area (Å²) in [5.74, 6) is 2.26. The number of fused-ring (bicyclic) bond motifs is 1. The summed E-state index contributed by atoms with van der Waals surface area (Å²) >= 11 is 0. The Morgan fingerprint density at radius 3 is 2.71 bits per heavy atom. The zero-order chi connectivity index (χ0) is 19.3. The molecule has 1 amide bonds. The van der Waals surface area contributed by atoms with E-state index in [1.807, 2.05) is 54.3 Å². The number of hydrogen-bond acceptors (Lipinski definition) is 4. The number of carbonyl (C=O) groups excluding carboxylic acids is 1. The monoisotopic (exact) mass is 378 g/mol. The molecule has 2 aliphatic rings.